The molecular weight excluding hydrogens is 392 g/mol. The minimum Gasteiger partial charge on any atom is -0.497 e. The number of methoxy groups -OCH3 is 3. The molecule has 2 N–H and O–H groups in total. The summed E-state index contributed by atoms with van der Waals surface area (Å²) < 4.78 is 16.0. The summed E-state index contributed by atoms with van der Waals surface area (Å²) in [7, 11) is 4.75. The second kappa shape index (κ2) is 9.49. The van der Waals surface area contributed by atoms with Crippen LogP contribution in [0.15, 0.2) is 54.7 Å². The van der Waals surface area contributed by atoms with E-state index in [2.05, 4.69) is 10.3 Å². The standard InChI is InChI=1S/C22H23ClN2O4/c1-27-16-8-6-14(20(12-16)28-2)13-25-19-9-7-15(23)11-18(19)21(26)17-5-4-10-24-22(17)29-3/h4-12,21,25-26H,13H2,1-3H3. The van der Waals surface area contributed by atoms with Crippen molar-refractivity contribution in [1.29, 1.82) is 0 Å². The molecule has 3 rings (SSSR count). The van der Waals surface area contributed by atoms with Crippen molar-refractivity contribution in [3.8, 4) is 17.4 Å². The van der Waals surface area contributed by atoms with E-state index in [-0.39, 0.29) is 0 Å². The van der Waals surface area contributed by atoms with Crippen LogP contribution in [0.3, 0.4) is 0 Å². The fraction of sp³-hybridized carbons (Fsp3) is 0.227. The van der Waals surface area contributed by atoms with Crippen LogP contribution >= 0.6 is 11.6 Å². The molecule has 3 aromatic rings. The van der Waals surface area contributed by atoms with Gasteiger partial charge in [-0.3, -0.25) is 0 Å². The molecule has 29 heavy (non-hydrogen) atoms. The first-order chi connectivity index (χ1) is 14.1. The maximum atomic E-state index is 11.0. The Hall–Kier alpha value is -2.96. The number of rotatable bonds is 8. The van der Waals surface area contributed by atoms with Crippen LogP contribution < -0.4 is 19.5 Å². The zero-order valence-electron chi connectivity index (χ0n) is 16.5. The third kappa shape index (κ3) is 4.72. The van der Waals surface area contributed by atoms with Crippen molar-refractivity contribution in [3.05, 3.63) is 76.4 Å². The van der Waals surface area contributed by atoms with Crippen LogP contribution in [-0.2, 0) is 6.54 Å². The number of aliphatic hydroxyl groups is 1. The van der Waals surface area contributed by atoms with Crippen LogP contribution in [0.25, 0.3) is 0 Å². The summed E-state index contributed by atoms with van der Waals surface area (Å²) in [6.07, 6.45) is 0.653. The van der Waals surface area contributed by atoms with Gasteiger partial charge in [0.1, 0.15) is 17.6 Å². The van der Waals surface area contributed by atoms with Crippen LogP contribution in [-0.4, -0.2) is 31.4 Å². The largest absolute Gasteiger partial charge is 0.497 e. The van der Waals surface area contributed by atoms with Gasteiger partial charge in [0.2, 0.25) is 5.88 Å². The monoisotopic (exact) mass is 414 g/mol. The molecule has 1 heterocycles. The Morgan fingerprint density at radius 3 is 2.55 bits per heavy atom. The highest BCUT2D eigenvalue weighted by Gasteiger charge is 2.20. The number of nitrogens with zero attached hydrogens (tertiary/aromatic N) is 1. The topological polar surface area (TPSA) is 72.8 Å². The summed E-state index contributed by atoms with van der Waals surface area (Å²) in [4.78, 5) is 4.16. The number of aromatic nitrogens is 1. The van der Waals surface area contributed by atoms with Crippen molar-refractivity contribution >= 4 is 17.3 Å². The maximum absolute atomic E-state index is 11.0. The minimum absolute atomic E-state index is 0.364. The molecule has 0 spiro atoms. The lowest BCUT2D eigenvalue weighted by Crippen LogP contribution is -2.09. The summed E-state index contributed by atoms with van der Waals surface area (Å²) in [5.41, 5.74) is 2.87. The first-order valence-electron chi connectivity index (χ1n) is 8.98. The Bertz CT molecular complexity index is 981. The molecule has 0 bridgehead atoms. The molecule has 0 fully saturated rings. The number of aliphatic hydroxyl groups excluding tert-OH is 1. The van der Waals surface area contributed by atoms with Crippen LogP contribution in [0.4, 0.5) is 5.69 Å². The van der Waals surface area contributed by atoms with Gasteiger partial charge in [-0.05, 0) is 42.5 Å². The van der Waals surface area contributed by atoms with Crippen LogP contribution in [0, 0.1) is 0 Å². The Labute approximate surface area is 175 Å². The molecule has 1 atom stereocenters. The minimum atomic E-state index is -0.961. The van der Waals surface area contributed by atoms with Gasteiger partial charge in [-0.15, -0.1) is 0 Å². The number of benzene rings is 2. The lowest BCUT2D eigenvalue weighted by molar-refractivity contribution is 0.214. The molecule has 0 saturated heterocycles. The normalized spacial score (nSPS) is 11.6. The SMILES string of the molecule is COc1ccc(CNc2ccc(Cl)cc2C(O)c2cccnc2OC)c(OC)c1. The van der Waals surface area contributed by atoms with Crippen molar-refractivity contribution in [2.24, 2.45) is 0 Å². The molecule has 0 radical (unpaired) electrons. The van der Waals surface area contributed by atoms with Crippen LogP contribution in [0.2, 0.25) is 5.02 Å². The third-order valence-corrected chi connectivity index (χ3v) is 4.80. The summed E-state index contributed by atoms with van der Waals surface area (Å²) in [6.45, 7) is 0.485. The van der Waals surface area contributed by atoms with E-state index in [1.165, 1.54) is 7.11 Å². The van der Waals surface area contributed by atoms with Crippen molar-refractivity contribution < 1.29 is 19.3 Å². The lowest BCUT2D eigenvalue weighted by Gasteiger charge is -2.19. The van der Waals surface area contributed by atoms with E-state index < -0.39 is 6.10 Å². The average molecular weight is 415 g/mol. The molecule has 0 amide bonds. The highest BCUT2D eigenvalue weighted by molar-refractivity contribution is 6.30. The number of hydrogen-bond acceptors (Lipinski definition) is 6. The average Bonchev–Trinajstić information content (AvgIpc) is 2.77. The number of nitrogens with one attached hydrogen (secondary N) is 1. The van der Waals surface area contributed by atoms with Gasteiger partial charge in [0.25, 0.3) is 0 Å². The summed E-state index contributed by atoms with van der Waals surface area (Å²) in [5, 5.41) is 14.9. The van der Waals surface area contributed by atoms with Gasteiger partial charge >= 0.3 is 0 Å². The summed E-state index contributed by atoms with van der Waals surface area (Å²) in [6, 6.07) is 14.5. The maximum Gasteiger partial charge on any atom is 0.219 e. The Balaban J connectivity index is 1.90. The van der Waals surface area contributed by atoms with E-state index >= 15 is 0 Å². The highest BCUT2D eigenvalue weighted by Crippen LogP contribution is 2.35. The molecule has 0 aliphatic heterocycles. The van der Waals surface area contributed by atoms with Crippen molar-refractivity contribution in [2.45, 2.75) is 12.6 Å². The quantitative estimate of drug-likeness (QED) is 0.567. The van der Waals surface area contributed by atoms with Gasteiger partial charge in [0, 0.05) is 46.2 Å². The lowest BCUT2D eigenvalue weighted by atomic mass is 10.0. The Morgan fingerprint density at radius 2 is 1.83 bits per heavy atom. The van der Waals surface area contributed by atoms with Gasteiger partial charge in [-0.25, -0.2) is 4.98 Å². The van der Waals surface area contributed by atoms with Crippen LogP contribution in [0.5, 0.6) is 17.4 Å². The number of hydrogen-bond donors (Lipinski definition) is 2. The summed E-state index contributed by atoms with van der Waals surface area (Å²) in [5.74, 6) is 1.79. The van der Waals surface area contributed by atoms with E-state index in [1.54, 1.807) is 44.7 Å². The van der Waals surface area contributed by atoms with Gasteiger partial charge in [0.05, 0.1) is 21.3 Å². The number of ether oxygens (including phenoxy) is 3. The Morgan fingerprint density at radius 1 is 1.00 bits per heavy atom. The zero-order valence-corrected chi connectivity index (χ0v) is 17.2. The molecular formula is C22H23ClN2O4. The molecule has 2 aromatic carbocycles. The number of halogens is 1. The van der Waals surface area contributed by atoms with E-state index in [0.29, 0.717) is 34.3 Å². The molecule has 0 aliphatic carbocycles. The van der Waals surface area contributed by atoms with E-state index in [1.807, 2.05) is 24.3 Å². The fourth-order valence-electron chi connectivity index (χ4n) is 3.06. The Kier molecular flexibility index (Phi) is 6.80. The first kappa shape index (κ1) is 20.8. The molecule has 1 aromatic heterocycles. The predicted molar refractivity (Wildman–Crippen MR) is 113 cm³/mol. The van der Waals surface area contributed by atoms with Crippen molar-refractivity contribution in [2.75, 3.05) is 26.6 Å². The van der Waals surface area contributed by atoms with E-state index in [4.69, 9.17) is 25.8 Å². The van der Waals surface area contributed by atoms with Crippen LogP contribution in [0.1, 0.15) is 22.8 Å². The second-order valence-electron chi connectivity index (χ2n) is 6.27. The first-order valence-corrected chi connectivity index (χ1v) is 9.36. The van der Waals surface area contributed by atoms with E-state index in [0.717, 1.165) is 17.0 Å². The molecule has 152 valence electrons. The van der Waals surface area contributed by atoms with Gasteiger partial charge in [-0.1, -0.05) is 11.6 Å². The second-order valence-corrected chi connectivity index (χ2v) is 6.70. The van der Waals surface area contributed by atoms with Gasteiger partial charge < -0.3 is 24.6 Å². The third-order valence-electron chi connectivity index (χ3n) is 4.56. The molecule has 1 unspecified atom stereocenters. The summed E-state index contributed by atoms with van der Waals surface area (Å²) >= 11 is 6.20. The highest BCUT2D eigenvalue weighted by atomic mass is 35.5. The number of pyridine rings is 1. The zero-order chi connectivity index (χ0) is 20.8. The molecule has 0 aliphatic rings. The number of anilines is 1. The molecule has 7 heteroatoms. The van der Waals surface area contributed by atoms with Crippen molar-refractivity contribution in [3.63, 3.8) is 0 Å². The fourth-order valence-corrected chi connectivity index (χ4v) is 3.24. The molecule has 0 saturated carbocycles. The smallest absolute Gasteiger partial charge is 0.219 e. The van der Waals surface area contributed by atoms with Crippen molar-refractivity contribution in [1.82, 2.24) is 4.98 Å². The molecule has 6 nitrogen and oxygen atoms in total. The van der Waals surface area contributed by atoms with E-state index in [9.17, 15) is 5.11 Å². The van der Waals surface area contributed by atoms with Gasteiger partial charge in [-0.2, -0.15) is 0 Å². The van der Waals surface area contributed by atoms with Gasteiger partial charge in [0.15, 0.2) is 0 Å². The predicted octanol–water partition coefficient (Wildman–Crippen LogP) is 4.45.